The SMILES string of the molecule is CC(C)(C)c1nc2c(O)cccc2n1CCN. The first-order valence-corrected chi connectivity index (χ1v) is 5.84. The lowest BCUT2D eigenvalue weighted by molar-refractivity contribution is 0.479. The lowest BCUT2D eigenvalue weighted by atomic mass is 9.95. The minimum absolute atomic E-state index is 0.0688. The third-order valence-electron chi connectivity index (χ3n) is 2.78. The molecule has 1 heterocycles. The number of aromatic nitrogens is 2. The fourth-order valence-corrected chi connectivity index (χ4v) is 2.06. The molecule has 2 rings (SSSR count). The summed E-state index contributed by atoms with van der Waals surface area (Å²) in [5.74, 6) is 1.18. The van der Waals surface area contributed by atoms with Crippen LogP contribution in [0.5, 0.6) is 5.75 Å². The number of benzene rings is 1. The minimum atomic E-state index is -0.0688. The smallest absolute Gasteiger partial charge is 0.143 e. The number of nitrogens with two attached hydrogens (primary N) is 1. The normalized spacial score (nSPS) is 12.2. The van der Waals surface area contributed by atoms with Crippen LogP contribution in [-0.4, -0.2) is 21.2 Å². The monoisotopic (exact) mass is 233 g/mol. The van der Waals surface area contributed by atoms with E-state index in [4.69, 9.17) is 5.73 Å². The van der Waals surface area contributed by atoms with Gasteiger partial charge in [0.1, 0.15) is 17.1 Å². The molecular formula is C13H19N3O. The van der Waals surface area contributed by atoms with Gasteiger partial charge in [0.05, 0.1) is 5.52 Å². The first-order chi connectivity index (χ1) is 7.95. The van der Waals surface area contributed by atoms with Crippen molar-refractivity contribution < 1.29 is 5.11 Å². The molecule has 0 atom stereocenters. The van der Waals surface area contributed by atoms with E-state index in [1.54, 1.807) is 6.07 Å². The van der Waals surface area contributed by atoms with Crippen molar-refractivity contribution in [2.45, 2.75) is 32.7 Å². The molecule has 0 spiro atoms. The number of nitrogens with zero attached hydrogens (tertiary/aromatic N) is 2. The van der Waals surface area contributed by atoms with Crippen molar-refractivity contribution in [1.82, 2.24) is 9.55 Å². The van der Waals surface area contributed by atoms with E-state index in [2.05, 4.69) is 30.3 Å². The van der Waals surface area contributed by atoms with E-state index >= 15 is 0 Å². The van der Waals surface area contributed by atoms with Crippen LogP contribution in [0, 0.1) is 0 Å². The van der Waals surface area contributed by atoms with Gasteiger partial charge < -0.3 is 15.4 Å². The number of fused-ring (bicyclic) bond motifs is 1. The Morgan fingerprint density at radius 2 is 2.06 bits per heavy atom. The first-order valence-electron chi connectivity index (χ1n) is 5.84. The van der Waals surface area contributed by atoms with Gasteiger partial charge in [0.15, 0.2) is 0 Å². The summed E-state index contributed by atoms with van der Waals surface area (Å²) in [6.07, 6.45) is 0. The summed E-state index contributed by atoms with van der Waals surface area (Å²) in [5.41, 5.74) is 7.18. The third-order valence-corrected chi connectivity index (χ3v) is 2.78. The van der Waals surface area contributed by atoms with Crippen LogP contribution in [0.3, 0.4) is 0 Å². The van der Waals surface area contributed by atoms with E-state index in [9.17, 15) is 5.11 Å². The van der Waals surface area contributed by atoms with E-state index < -0.39 is 0 Å². The van der Waals surface area contributed by atoms with E-state index in [1.807, 2.05) is 12.1 Å². The highest BCUT2D eigenvalue weighted by Crippen LogP contribution is 2.30. The average Bonchev–Trinajstić information content (AvgIpc) is 2.59. The molecule has 0 saturated carbocycles. The summed E-state index contributed by atoms with van der Waals surface area (Å²) in [7, 11) is 0. The third kappa shape index (κ3) is 2.00. The lowest BCUT2D eigenvalue weighted by Gasteiger charge is -2.19. The van der Waals surface area contributed by atoms with E-state index in [0.717, 1.165) is 11.3 Å². The second-order valence-corrected chi connectivity index (χ2v) is 5.27. The number of aromatic hydroxyl groups is 1. The van der Waals surface area contributed by atoms with Crippen LogP contribution in [0.2, 0.25) is 0 Å². The van der Waals surface area contributed by atoms with Crippen molar-refractivity contribution in [1.29, 1.82) is 0 Å². The molecule has 0 amide bonds. The first kappa shape index (κ1) is 11.9. The fraction of sp³-hybridized carbons (Fsp3) is 0.462. The summed E-state index contributed by atoms with van der Waals surface area (Å²) >= 11 is 0. The number of hydrogen-bond donors (Lipinski definition) is 2. The maximum atomic E-state index is 9.84. The summed E-state index contributed by atoms with van der Waals surface area (Å²) in [4.78, 5) is 4.56. The molecule has 0 aliphatic carbocycles. The molecule has 0 aliphatic heterocycles. The van der Waals surface area contributed by atoms with E-state index in [-0.39, 0.29) is 11.2 Å². The van der Waals surface area contributed by atoms with Crippen LogP contribution in [0.1, 0.15) is 26.6 Å². The van der Waals surface area contributed by atoms with Gasteiger partial charge in [-0.1, -0.05) is 26.8 Å². The van der Waals surface area contributed by atoms with Crippen LogP contribution < -0.4 is 5.73 Å². The minimum Gasteiger partial charge on any atom is -0.506 e. The largest absolute Gasteiger partial charge is 0.506 e. The average molecular weight is 233 g/mol. The predicted molar refractivity (Wildman–Crippen MR) is 69.2 cm³/mol. The van der Waals surface area contributed by atoms with Gasteiger partial charge in [0, 0.05) is 18.5 Å². The van der Waals surface area contributed by atoms with Crippen LogP contribution in [0.25, 0.3) is 11.0 Å². The Kier molecular flexibility index (Phi) is 2.83. The van der Waals surface area contributed by atoms with Crippen LogP contribution >= 0.6 is 0 Å². The summed E-state index contributed by atoms with van der Waals surface area (Å²) in [6, 6.07) is 5.46. The maximum absolute atomic E-state index is 9.84. The molecule has 1 aromatic heterocycles. The predicted octanol–water partition coefficient (Wildman–Crippen LogP) is 2.00. The van der Waals surface area contributed by atoms with E-state index in [1.165, 1.54) is 0 Å². The summed E-state index contributed by atoms with van der Waals surface area (Å²) in [5, 5.41) is 9.84. The molecule has 0 bridgehead atoms. The van der Waals surface area contributed by atoms with Crippen molar-refractivity contribution in [3.05, 3.63) is 24.0 Å². The van der Waals surface area contributed by atoms with Gasteiger partial charge in [-0.2, -0.15) is 0 Å². The fourth-order valence-electron chi connectivity index (χ4n) is 2.06. The molecule has 0 unspecified atom stereocenters. The number of imidazole rings is 1. The Morgan fingerprint density at radius 3 is 2.65 bits per heavy atom. The van der Waals surface area contributed by atoms with Gasteiger partial charge in [-0.3, -0.25) is 0 Å². The van der Waals surface area contributed by atoms with Gasteiger partial charge in [0.25, 0.3) is 0 Å². The quantitative estimate of drug-likeness (QED) is 0.833. The molecule has 3 N–H and O–H groups in total. The zero-order chi connectivity index (χ0) is 12.6. The number of phenols is 1. The Balaban J connectivity index is 2.75. The Morgan fingerprint density at radius 1 is 1.35 bits per heavy atom. The highest BCUT2D eigenvalue weighted by atomic mass is 16.3. The summed E-state index contributed by atoms with van der Waals surface area (Å²) < 4.78 is 2.09. The molecule has 4 nitrogen and oxygen atoms in total. The number of rotatable bonds is 2. The Bertz CT molecular complexity index is 537. The molecule has 92 valence electrons. The molecule has 17 heavy (non-hydrogen) atoms. The van der Waals surface area contributed by atoms with Crippen molar-refractivity contribution in [2.75, 3.05) is 6.54 Å². The molecule has 0 saturated heterocycles. The van der Waals surface area contributed by atoms with Crippen molar-refractivity contribution in [3.63, 3.8) is 0 Å². The molecule has 0 fully saturated rings. The van der Waals surface area contributed by atoms with Gasteiger partial charge in [-0.15, -0.1) is 0 Å². The van der Waals surface area contributed by atoms with Crippen LogP contribution in [-0.2, 0) is 12.0 Å². The van der Waals surface area contributed by atoms with Gasteiger partial charge >= 0.3 is 0 Å². The van der Waals surface area contributed by atoms with Gasteiger partial charge in [0.2, 0.25) is 0 Å². The van der Waals surface area contributed by atoms with E-state index in [0.29, 0.717) is 18.6 Å². The Labute approximate surface area is 101 Å². The molecular weight excluding hydrogens is 214 g/mol. The number of para-hydroxylation sites is 1. The highest BCUT2D eigenvalue weighted by Gasteiger charge is 2.23. The van der Waals surface area contributed by atoms with Gasteiger partial charge in [-0.25, -0.2) is 4.98 Å². The Hall–Kier alpha value is -1.55. The molecule has 2 aromatic rings. The van der Waals surface area contributed by atoms with Crippen molar-refractivity contribution in [3.8, 4) is 5.75 Å². The topological polar surface area (TPSA) is 64.1 Å². The number of phenolic OH excluding ortho intramolecular Hbond substituents is 1. The second-order valence-electron chi connectivity index (χ2n) is 5.27. The molecule has 0 aliphatic rings. The molecule has 4 heteroatoms. The number of hydrogen-bond acceptors (Lipinski definition) is 3. The van der Waals surface area contributed by atoms with Gasteiger partial charge in [-0.05, 0) is 12.1 Å². The van der Waals surface area contributed by atoms with Crippen molar-refractivity contribution in [2.24, 2.45) is 5.73 Å². The molecule has 1 aromatic carbocycles. The zero-order valence-corrected chi connectivity index (χ0v) is 10.6. The molecule has 0 radical (unpaired) electrons. The lowest BCUT2D eigenvalue weighted by Crippen LogP contribution is -2.21. The maximum Gasteiger partial charge on any atom is 0.143 e. The standard InChI is InChI=1S/C13H19N3O/c1-13(2,3)12-15-11-9(16(12)8-7-14)5-4-6-10(11)17/h4-6,17H,7-8,14H2,1-3H3. The highest BCUT2D eigenvalue weighted by molar-refractivity contribution is 5.82. The zero-order valence-electron chi connectivity index (χ0n) is 10.6. The van der Waals surface area contributed by atoms with Crippen LogP contribution in [0.15, 0.2) is 18.2 Å². The second kappa shape index (κ2) is 4.04. The van der Waals surface area contributed by atoms with Crippen LogP contribution in [0.4, 0.5) is 0 Å². The van der Waals surface area contributed by atoms with Crippen molar-refractivity contribution >= 4 is 11.0 Å². The summed E-state index contributed by atoms with van der Waals surface area (Å²) in [6.45, 7) is 7.60.